The summed E-state index contributed by atoms with van der Waals surface area (Å²) in [7, 11) is 0. The minimum Gasteiger partial charge on any atom is -0.421 e. The second-order valence-corrected chi connectivity index (χ2v) is 7.62. The highest BCUT2D eigenvalue weighted by molar-refractivity contribution is 6.08. The van der Waals surface area contributed by atoms with E-state index in [1.165, 1.54) is 19.3 Å². The molecule has 1 heterocycles. The normalized spacial score (nSPS) is 14.7. The predicted molar refractivity (Wildman–Crippen MR) is 117 cm³/mol. The van der Waals surface area contributed by atoms with Gasteiger partial charge in [-0.2, -0.15) is 0 Å². The van der Waals surface area contributed by atoms with Crippen LogP contribution in [0.15, 0.2) is 57.7 Å². The Morgan fingerprint density at radius 1 is 1.00 bits per heavy atom. The van der Waals surface area contributed by atoms with Crippen molar-refractivity contribution < 1.29 is 9.21 Å². The van der Waals surface area contributed by atoms with E-state index in [1.807, 2.05) is 30.3 Å². The maximum absolute atomic E-state index is 12.8. The molecule has 0 bridgehead atoms. The third-order valence-corrected chi connectivity index (χ3v) is 5.63. The van der Waals surface area contributed by atoms with Gasteiger partial charge in [-0.25, -0.2) is 4.79 Å². The first kappa shape index (κ1) is 19.2. The molecule has 0 radical (unpaired) electrons. The van der Waals surface area contributed by atoms with Crippen molar-refractivity contribution in [3.8, 4) is 0 Å². The van der Waals surface area contributed by atoms with Crippen LogP contribution in [0.4, 0.5) is 11.4 Å². The fourth-order valence-electron chi connectivity index (χ4n) is 3.94. The number of carbonyl (C=O) groups excluding carboxylic acids is 1. The van der Waals surface area contributed by atoms with Gasteiger partial charge in [0.1, 0.15) is 5.58 Å². The van der Waals surface area contributed by atoms with Gasteiger partial charge in [-0.3, -0.25) is 4.79 Å². The van der Waals surface area contributed by atoms with Crippen molar-refractivity contribution in [2.75, 3.05) is 10.6 Å². The Morgan fingerprint density at radius 3 is 2.45 bits per heavy atom. The van der Waals surface area contributed by atoms with Crippen LogP contribution in [-0.2, 0) is 6.42 Å². The summed E-state index contributed by atoms with van der Waals surface area (Å²) >= 11 is 0. The largest absolute Gasteiger partial charge is 0.421 e. The maximum Gasteiger partial charge on any atom is 0.362 e. The lowest BCUT2D eigenvalue weighted by molar-refractivity contribution is 0.102. The molecule has 5 heteroatoms. The molecular formula is C24H26N2O3. The van der Waals surface area contributed by atoms with E-state index >= 15 is 0 Å². The van der Waals surface area contributed by atoms with Crippen LogP contribution in [0.1, 0.15) is 54.9 Å². The molecule has 1 saturated carbocycles. The van der Waals surface area contributed by atoms with Gasteiger partial charge in [-0.1, -0.05) is 50.5 Å². The van der Waals surface area contributed by atoms with Gasteiger partial charge in [0.25, 0.3) is 5.91 Å². The molecule has 1 amide bonds. The van der Waals surface area contributed by atoms with Crippen LogP contribution in [0.5, 0.6) is 0 Å². The fourth-order valence-corrected chi connectivity index (χ4v) is 3.94. The van der Waals surface area contributed by atoms with Crippen molar-refractivity contribution in [2.45, 2.75) is 51.5 Å². The molecule has 3 aromatic rings. The van der Waals surface area contributed by atoms with Crippen LogP contribution in [0.25, 0.3) is 11.0 Å². The summed E-state index contributed by atoms with van der Waals surface area (Å²) in [5, 5.41) is 7.14. The first-order valence-corrected chi connectivity index (χ1v) is 10.4. The van der Waals surface area contributed by atoms with Crippen molar-refractivity contribution in [3.05, 3.63) is 70.1 Å². The number of fused-ring (bicyclic) bond motifs is 1. The van der Waals surface area contributed by atoms with Crippen LogP contribution in [0, 0.1) is 0 Å². The summed E-state index contributed by atoms with van der Waals surface area (Å²) in [4.78, 5) is 25.6. The minimum absolute atomic E-state index is 0.179. The Hall–Kier alpha value is -3.08. The Balaban J connectivity index is 1.71. The van der Waals surface area contributed by atoms with Gasteiger partial charge in [0, 0.05) is 17.0 Å². The third kappa shape index (κ3) is 4.19. The van der Waals surface area contributed by atoms with E-state index in [2.05, 4.69) is 17.6 Å². The lowest BCUT2D eigenvalue weighted by Gasteiger charge is -2.25. The molecule has 0 aliphatic heterocycles. The number of hydrogen-bond donors (Lipinski definition) is 2. The standard InChI is InChI=1S/C24H26N2O3/c1-2-16-12-14-17(15-13-16)23(27)26-22-21(25-18-8-4-3-5-9-18)19-10-6-7-11-20(19)29-24(22)28/h6-7,10-15,18,25H,2-5,8-9H2,1H3,(H,26,27). The molecule has 2 N–H and O–H groups in total. The van der Waals surface area contributed by atoms with Gasteiger partial charge in [0.05, 0.1) is 5.69 Å². The smallest absolute Gasteiger partial charge is 0.362 e. The van der Waals surface area contributed by atoms with E-state index in [0.717, 1.165) is 30.2 Å². The van der Waals surface area contributed by atoms with Crippen molar-refractivity contribution in [1.82, 2.24) is 0 Å². The molecule has 4 rings (SSSR count). The molecular weight excluding hydrogens is 364 g/mol. The summed E-state index contributed by atoms with van der Waals surface area (Å²) in [5.41, 5.74) is 2.48. The van der Waals surface area contributed by atoms with Crippen LogP contribution >= 0.6 is 0 Å². The van der Waals surface area contributed by atoms with Crippen molar-refractivity contribution in [1.29, 1.82) is 0 Å². The topological polar surface area (TPSA) is 71.3 Å². The van der Waals surface area contributed by atoms with Crippen LogP contribution in [0.3, 0.4) is 0 Å². The first-order valence-electron chi connectivity index (χ1n) is 10.4. The number of carbonyl (C=O) groups is 1. The lowest BCUT2D eigenvalue weighted by atomic mass is 9.95. The number of nitrogens with one attached hydrogen (secondary N) is 2. The monoisotopic (exact) mass is 390 g/mol. The van der Waals surface area contributed by atoms with Gasteiger partial charge in [0.15, 0.2) is 5.69 Å². The maximum atomic E-state index is 12.8. The lowest BCUT2D eigenvalue weighted by Crippen LogP contribution is -2.26. The summed E-state index contributed by atoms with van der Waals surface area (Å²) in [6, 6.07) is 15.1. The summed E-state index contributed by atoms with van der Waals surface area (Å²) < 4.78 is 5.49. The highest BCUT2D eigenvalue weighted by Crippen LogP contribution is 2.32. The SMILES string of the molecule is CCc1ccc(C(=O)Nc2c(NC3CCCCC3)c3ccccc3oc2=O)cc1. The Labute approximate surface area is 170 Å². The number of benzene rings is 2. The molecule has 150 valence electrons. The number of aryl methyl sites for hydroxylation is 1. The zero-order chi connectivity index (χ0) is 20.2. The third-order valence-electron chi connectivity index (χ3n) is 5.63. The van der Waals surface area contributed by atoms with E-state index < -0.39 is 5.63 Å². The predicted octanol–water partition coefficient (Wildman–Crippen LogP) is 5.35. The fraction of sp³-hybridized carbons (Fsp3) is 0.333. The van der Waals surface area contributed by atoms with Gasteiger partial charge >= 0.3 is 5.63 Å². The molecule has 2 aromatic carbocycles. The molecule has 1 aliphatic carbocycles. The highest BCUT2D eigenvalue weighted by atomic mass is 16.4. The second kappa shape index (κ2) is 8.52. The van der Waals surface area contributed by atoms with E-state index in [4.69, 9.17) is 4.42 Å². The van der Waals surface area contributed by atoms with Gasteiger partial charge in [0.2, 0.25) is 0 Å². The Kier molecular flexibility index (Phi) is 5.65. The minimum atomic E-state index is -0.541. The van der Waals surface area contributed by atoms with Crippen molar-refractivity contribution in [2.24, 2.45) is 0 Å². The van der Waals surface area contributed by atoms with E-state index in [0.29, 0.717) is 16.8 Å². The summed E-state index contributed by atoms with van der Waals surface area (Å²) in [6.07, 6.45) is 6.60. The van der Waals surface area contributed by atoms with Gasteiger partial charge in [-0.15, -0.1) is 0 Å². The molecule has 1 aromatic heterocycles. The first-order chi connectivity index (χ1) is 14.2. The molecule has 5 nitrogen and oxygen atoms in total. The number of amides is 1. The molecule has 1 fully saturated rings. The second-order valence-electron chi connectivity index (χ2n) is 7.62. The molecule has 1 aliphatic rings. The number of hydrogen-bond acceptors (Lipinski definition) is 4. The van der Waals surface area contributed by atoms with Crippen LogP contribution in [0.2, 0.25) is 0 Å². The van der Waals surface area contributed by atoms with Crippen molar-refractivity contribution in [3.63, 3.8) is 0 Å². The average Bonchev–Trinajstić information content (AvgIpc) is 2.76. The molecule has 29 heavy (non-hydrogen) atoms. The summed E-state index contributed by atoms with van der Waals surface area (Å²) in [5.74, 6) is -0.318. The van der Waals surface area contributed by atoms with Crippen LogP contribution < -0.4 is 16.3 Å². The molecule has 0 unspecified atom stereocenters. The zero-order valence-electron chi connectivity index (χ0n) is 16.7. The highest BCUT2D eigenvalue weighted by Gasteiger charge is 2.21. The van der Waals surface area contributed by atoms with E-state index in [1.54, 1.807) is 18.2 Å². The van der Waals surface area contributed by atoms with E-state index in [-0.39, 0.29) is 17.6 Å². The quantitative estimate of drug-likeness (QED) is 0.576. The molecule has 0 spiro atoms. The molecule has 0 atom stereocenters. The van der Waals surface area contributed by atoms with Gasteiger partial charge < -0.3 is 15.1 Å². The summed E-state index contributed by atoms with van der Waals surface area (Å²) in [6.45, 7) is 2.07. The van der Waals surface area contributed by atoms with Gasteiger partial charge in [-0.05, 0) is 49.1 Å². The Morgan fingerprint density at radius 2 is 1.72 bits per heavy atom. The molecule has 0 saturated heterocycles. The van der Waals surface area contributed by atoms with E-state index in [9.17, 15) is 9.59 Å². The van der Waals surface area contributed by atoms with Crippen LogP contribution in [-0.4, -0.2) is 11.9 Å². The number of anilines is 2. The Bertz CT molecular complexity index is 1060. The average molecular weight is 390 g/mol. The zero-order valence-corrected chi connectivity index (χ0v) is 16.7. The van der Waals surface area contributed by atoms with Crippen molar-refractivity contribution >= 4 is 28.3 Å². The number of rotatable bonds is 5. The number of para-hydroxylation sites is 1.